The quantitative estimate of drug-likeness (QED) is 0.406. The van der Waals surface area contributed by atoms with Crippen molar-refractivity contribution in [3.8, 4) is 0 Å². The Bertz CT molecular complexity index is 713. The lowest BCUT2D eigenvalue weighted by Crippen LogP contribution is -2.57. The number of hydrogen-bond donors (Lipinski definition) is 0. The van der Waals surface area contributed by atoms with Gasteiger partial charge in [0.1, 0.15) is 11.9 Å². The summed E-state index contributed by atoms with van der Waals surface area (Å²) in [5.74, 6) is 4.56. The van der Waals surface area contributed by atoms with Gasteiger partial charge in [-0.2, -0.15) is 0 Å². The van der Waals surface area contributed by atoms with Crippen molar-refractivity contribution in [3.63, 3.8) is 0 Å². The SMILES string of the molecule is CC(=O)O[C@@H]1CC[C@@]2(C)[C@@H](CC(=O)[C@@H]3[C@@H]2CC[C@]2(C)[C@@H]([C@H](C)CCCC(C)C)CC[C@@H]32)C1. The van der Waals surface area contributed by atoms with Gasteiger partial charge in [-0.15, -0.1) is 0 Å². The molecule has 4 saturated carbocycles. The molecule has 0 bridgehead atoms. The van der Waals surface area contributed by atoms with Crippen molar-refractivity contribution < 1.29 is 14.3 Å². The van der Waals surface area contributed by atoms with Gasteiger partial charge < -0.3 is 4.74 Å². The van der Waals surface area contributed by atoms with Gasteiger partial charge in [-0.1, -0.05) is 53.9 Å². The van der Waals surface area contributed by atoms with Crippen LogP contribution < -0.4 is 0 Å². The molecule has 4 fully saturated rings. The summed E-state index contributed by atoms with van der Waals surface area (Å²) >= 11 is 0. The van der Waals surface area contributed by atoms with E-state index in [4.69, 9.17) is 4.74 Å². The van der Waals surface area contributed by atoms with E-state index < -0.39 is 0 Å². The maximum absolute atomic E-state index is 13.7. The highest BCUT2D eigenvalue weighted by atomic mass is 16.5. The predicted molar refractivity (Wildman–Crippen MR) is 129 cm³/mol. The fourth-order valence-electron chi connectivity index (χ4n) is 9.26. The van der Waals surface area contributed by atoms with Crippen molar-refractivity contribution in [2.45, 2.75) is 118 Å². The van der Waals surface area contributed by atoms with Crippen LogP contribution in [0.1, 0.15) is 112 Å². The minimum absolute atomic E-state index is 0.0198. The molecule has 4 aliphatic carbocycles. The van der Waals surface area contributed by atoms with Crippen LogP contribution >= 0.6 is 0 Å². The third kappa shape index (κ3) is 4.20. The number of ether oxygens (including phenoxy) is 1. The Morgan fingerprint density at radius 1 is 1.00 bits per heavy atom. The highest BCUT2D eigenvalue weighted by Gasteiger charge is 2.63. The van der Waals surface area contributed by atoms with E-state index in [9.17, 15) is 9.59 Å². The minimum atomic E-state index is -0.174. The smallest absolute Gasteiger partial charge is 0.302 e. The second-order valence-electron chi connectivity index (χ2n) is 13.1. The van der Waals surface area contributed by atoms with Crippen LogP contribution in [0.5, 0.6) is 0 Å². The van der Waals surface area contributed by atoms with E-state index in [1.165, 1.54) is 51.9 Å². The van der Waals surface area contributed by atoms with Crippen LogP contribution in [0.3, 0.4) is 0 Å². The average Bonchev–Trinajstić information content (AvgIpc) is 3.05. The molecular formula is C29H48O3. The first-order valence-electron chi connectivity index (χ1n) is 13.8. The third-order valence-electron chi connectivity index (χ3n) is 11.0. The molecule has 32 heavy (non-hydrogen) atoms. The van der Waals surface area contributed by atoms with Crippen LogP contribution in [0.15, 0.2) is 0 Å². The maximum atomic E-state index is 13.7. The first-order chi connectivity index (χ1) is 15.1. The summed E-state index contributed by atoms with van der Waals surface area (Å²) in [6.45, 7) is 13.7. The summed E-state index contributed by atoms with van der Waals surface area (Å²) in [6, 6.07) is 0. The lowest BCUT2D eigenvalue weighted by atomic mass is 9.44. The van der Waals surface area contributed by atoms with Gasteiger partial charge in [0, 0.05) is 19.3 Å². The van der Waals surface area contributed by atoms with Crippen LogP contribution in [0.2, 0.25) is 0 Å². The monoisotopic (exact) mass is 444 g/mol. The Labute approximate surface area is 196 Å². The second-order valence-corrected chi connectivity index (χ2v) is 13.1. The maximum Gasteiger partial charge on any atom is 0.302 e. The number of Topliss-reactive ketones (excluding diaryl/α,β-unsaturated/α-hetero) is 1. The van der Waals surface area contributed by atoms with E-state index in [2.05, 4.69) is 34.6 Å². The lowest BCUT2D eigenvalue weighted by Gasteiger charge is -2.60. The van der Waals surface area contributed by atoms with E-state index >= 15 is 0 Å². The molecule has 0 amide bonds. The highest BCUT2D eigenvalue weighted by Crippen LogP contribution is 2.67. The van der Waals surface area contributed by atoms with Gasteiger partial charge in [-0.3, -0.25) is 9.59 Å². The number of rotatable bonds is 6. The molecule has 4 rings (SSSR count). The molecule has 0 aromatic carbocycles. The number of hydrogen-bond acceptors (Lipinski definition) is 3. The Hall–Kier alpha value is -0.860. The molecule has 0 aromatic heterocycles. The zero-order valence-corrected chi connectivity index (χ0v) is 21.6. The zero-order valence-electron chi connectivity index (χ0n) is 21.6. The topological polar surface area (TPSA) is 43.4 Å². The molecule has 3 nitrogen and oxygen atoms in total. The second kappa shape index (κ2) is 9.06. The Kier molecular flexibility index (Phi) is 6.87. The van der Waals surface area contributed by atoms with Gasteiger partial charge in [0.15, 0.2) is 0 Å². The van der Waals surface area contributed by atoms with E-state index in [-0.39, 0.29) is 23.4 Å². The molecule has 0 spiro atoms. The normalized spacial score (nSPS) is 44.5. The molecule has 0 aromatic rings. The van der Waals surface area contributed by atoms with Crippen molar-refractivity contribution in [2.24, 2.45) is 52.3 Å². The van der Waals surface area contributed by atoms with Crippen LogP contribution in [-0.4, -0.2) is 17.9 Å². The van der Waals surface area contributed by atoms with Crippen molar-refractivity contribution in [1.82, 2.24) is 0 Å². The summed E-state index contributed by atoms with van der Waals surface area (Å²) in [4.78, 5) is 25.2. The highest BCUT2D eigenvalue weighted by molar-refractivity contribution is 5.83. The van der Waals surface area contributed by atoms with Crippen LogP contribution in [0.25, 0.3) is 0 Å². The van der Waals surface area contributed by atoms with Crippen molar-refractivity contribution in [3.05, 3.63) is 0 Å². The number of carbonyl (C=O) groups excluding carboxylic acids is 2. The van der Waals surface area contributed by atoms with Gasteiger partial charge in [-0.25, -0.2) is 0 Å². The largest absolute Gasteiger partial charge is 0.463 e. The van der Waals surface area contributed by atoms with Gasteiger partial charge in [0.25, 0.3) is 0 Å². The fourth-order valence-corrected chi connectivity index (χ4v) is 9.26. The first-order valence-corrected chi connectivity index (χ1v) is 13.8. The van der Waals surface area contributed by atoms with Crippen molar-refractivity contribution in [2.75, 3.05) is 0 Å². The summed E-state index contributed by atoms with van der Waals surface area (Å²) in [6.07, 6.45) is 12.9. The van der Waals surface area contributed by atoms with Gasteiger partial charge >= 0.3 is 5.97 Å². The van der Waals surface area contributed by atoms with Crippen LogP contribution in [0.4, 0.5) is 0 Å². The molecule has 0 unspecified atom stereocenters. The van der Waals surface area contributed by atoms with Crippen molar-refractivity contribution in [1.29, 1.82) is 0 Å². The van der Waals surface area contributed by atoms with E-state index in [0.29, 0.717) is 29.0 Å². The molecular weight excluding hydrogens is 396 g/mol. The number of fused-ring (bicyclic) bond motifs is 5. The Balaban J connectivity index is 1.48. The Morgan fingerprint density at radius 2 is 1.69 bits per heavy atom. The molecule has 4 aliphatic rings. The van der Waals surface area contributed by atoms with Crippen LogP contribution in [0, 0.1) is 52.3 Å². The van der Waals surface area contributed by atoms with Crippen molar-refractivity contribution >= 4 is 11.8 Å². The molecule has 9 atom stereocenters. The molecule has 0 saturated heterocycles. The minimum Gasteiger partial charge on any atom is -0.463 e. The van der Waals surface area contributed by atoms with Gasteiger partial charge in [-0.05, 0) is 91.3 Å². The molecule has 0 aliphatic heterocycles. The van der Waals surface area contributed by atoms with E-state index in [1.807, 2.05) is 0 Å². The summed E-state index contributed by atoms with van der Waals surface area (Å²) in [7, 11) is 0. The van der Waals surface area contributed by atoms with E-state index in [0.717, 1.165) is 43.4 Å². The number of carbonyl (C=O) groups is 2. The standard InChI is InChI=1S/C29H48O3/c1-18(2)8-7-9-19(3)23-10-11-24-27-25(13-15-29(23,24)6)28(5)14-12-22(32-20(4)30)16-21(28)17-26(27)31/h18-19,21-25,27H,7-17H2,1-6H3/t19-,21-,22-,23-,24+,25+,27+,28+,29-/m1/s1. The zero-order chi connectivity index (χ0) is 23.3. The van der Waals surface area contributed by atoms with Gasteiger partial charge in [0.2, 0.25) is 0 Å². The fraction of sp³-hybridized carbons (Fsp3) is 0.931. The predicted octanol–water partition coefficient (Wildman–Crippen LogP) is 7.22. The third-order valence-corrected chi connectivity index (χ3v) is 11.0. The summed E-state index contributed by atoms with van der Waals surface area (Å²) in [5.41, 5.74) is 0.601. The number of ketones is 1. The van der Waals surface area contributed by atoms with Gasteiger partial charge in [0.05, 0.1) is 0 Å². The lowest BCUT2D eigenvalue weighted by molar-refractivity contribution is -0.168. The van der Waals surface area contributed by atoms with Crippen LogP contribution in [-0.2, 0) is 14.3 Å². The summed E-state index contributed by atoms with van der Waals surface area (Å²) < 4.78 is 5.58. The first kappa shape index (κ1) is 24.3. The Morgan fingerprint density at radius 3 is 2.38 bits per heavy atom. The molecule has 0 N–H and O–H groups in total. The number of esters is 1. The molecule has 3 heteroatoms. The van der Waals surface area contributed by atoms with E-state index in [1.54, 1.807) is 0 Å². The molecule has 0 heterocycles. The summed E-state index contributed by atoms with van der Waals surface area (Å²) in [5, 5.41) is 0. The average molecular weight is 445 g/mol. The molecule has 182 valence electrons. The molecule has 0 radical (unpaired) electrons.